The van der Waals surface area contributed by atoms with Gasteiger partial charge in [0.25, 0.3) is 0 Å². The number of anilines is 2. The number of aromatic nitrogens is 4. The molecule has 0 fully saturated rings. The number of hydrogen-bond acceptors (Lipinski definition) is 4. The van der Waals surface area contributed by atoms with E-state index in [-0.39, 0.29) is 5.92 Å². The molecule has 2 aromatic heterocycles. The number of benzene rings is 7. The van der Waals surface area contributed by atoms with Crippen LogP contribution in [0.5, 0.6) is 0 Å². The standard InChI is InChI=1S/C57H41N5/c1-4-14-38(15-5-1)40-24-28-42(29-25-40)55-58-56(43-30-26-41(27-31-43)39-16-6-2-7-17-39)60-57(59-55)62-52-23-13-11-21-48(52)50-35-33-45(37-54(50)62)44-32-34-49-47-20-10-12-22-51(47)61(53(49)36-44)46-18-8-3-9-19-46/h1-6,8-16,18-20,22-37,48H,7,17,21H2. The summed E-state index contributed by atoms with van der Waals surface area (Å²) in [6, 6.07) is 61.0. The highest BCUT2D eigenvalue weighted by Crippen LogP contribution is 2.51. The van der Waals surface area contributed by atoms with Gasteiger partial charge < -0.3 is 4.57 Å². The Morgan fingerprint density at radius 2 is 1.08 bits per heavy atom. The molecule has 7 aromatic carbocycles. The molecule has 0 N–H and O–H groups in total. The van der Waals surface area contributed by atoms with E-state index in [2.05, 4.69) is 210 Å². The van der Waals surface area contributed by atoms with Crippen LogP contribution in [0.25, 0.3) is 78.1 Å². The monoisotopic (exact) mass is 795 g/mol. The highest BCUT2D eigenvalue weighted by atomic mass is 15.3. The van der Waals surface area contributed by atoms with Crippen LogP contribution in [0.1, 0.15) is 36.3 Å². The summed E-state index contributed by atoms with van der Waals surface area (Å²) < 4.78 is 2.38. The second-order valence-corrected chi connectivity index (χ2v) is 16.3. The molecule has 62 heavy (non-hydrogen) atoms. The van der Waals surface area contributed by atoms with Gasteiger partial charge in [-0.15, -0.1) is 0 Å². The summed E-state index contributed by atoms with van der Waals surface area (Å²) in [7, 11) is 0. The second-order valence-electron chi connectivity index (χ2n) is 16.3. The second kappa shape index (κ2) is 15.0. The molecule has 3 aliphatic rings. The molecule has 5 nitrogen and oxygen atoms in total. The Bertz CT molecular complexity index is 3300. The molecule has 1 unspecified atom stereocenters. The zero-order valence-electron chi connectivity index (χ0n) is 34.1. The highest BCUT2D eigenvalue weighted by molar-refractivity contribution is 6.10. The Hall–Kier alpha value is -7.89. The van der Waals surface area contributed by atoms with Crippen molar-refractivity contribution in [3.63, 3.8) is 0 Å². The number of fused-ring (bicyclic) bond motifs is 6. The highest BCUT2D eigenvalue weighted by Gasteiger charge is 2.37. The molecule has 294 valence electrons. The summed E-state index contributed by atoms with van der Waals surface area (Å²) in [4.78, 5) is 18.1. The minimum atomic E-state index is 0.193. The minimum absolute atomic E-state index is 0.193. The predicted molar refractivity (Wildman–Crippen MR) is 255 cm³/mol. The molecule has 5 heteroatoms. The molecule has 1 atom stereocenters. The van der Waals surface area contributed by atoms with Crippen molar-refractivity contribution in [3.05, 3.63) is 223 Å². The molecule has 2 aliphatic carbocycles. The van der Waals surface area contributed by atoms with Crippen molar-refractivity contribution in [1.82, 2.24) is 19.5 Å². The Kier molecular flexibility index (Phi) is 8.70. The van der Waals surface area contributed by atoms with Gasteiger partial charge in [0.05, 0.1) is 16.7 Å². The van der Waals surface area contributed by atoms with Gasteiger partial charge in [0, 0.05) is 39.2 Å². The van der Waals surface area contributed by atoms with Crippen LogP contribution >= 0.6 is 0 Å². The van der Waals surface area contributed by atoms with E-state index in [9.17, 15) is 0 Å². The van der Waals surface area contributed by atoms with E-state index in [1.54, 1.807) is 0 Å². The molecule has 3 heterocycles. The lowest BCUT2D eigenvalue weighted by Gasteiger charge is -2.23. The van der Waals surface area contributed by atoms with Crippen LogP contribution < -0.4 is 4.90 Å². The molecular formula is C57H41N5. The zero-order valence-corrected chi connectivity index (χ0v) is 34.1. The quantitative estimate of drug-likeness (QED) is 0.161. The van der Waals surface area contributed by atoms with Crippen LogP contribution in [0.4, 0.5) is 11.6 Å². The molecule has 1 aliphatic heterocycles. The van der Waals surface area contributed by atoms with Crippen molar-refractivity contribution in [3.8, 4) is 50.7 Å². The molecule has 0 saturated heterocycles. The number of para-hydroxylation sites is 2. The summed E-state index contributed by atoms with van der Waals surface area (Å²) in [6.45, 7) is 0. The number of rotatable bonds is 7. The van der Waals surface area contributed by atoms with Gasteiger partial charge in [-0.1, -0.05) is 170 Å². The van der Waals surface area contributed by atoms with Crippen molar-refractivity contribution in [1.29, 1.82) is 0 Å². The molecule has 0 saturated carbocycles. The van der Waals surface area contributed by atoms with Crippen LogP contribution in [0, 0.1) is 0 Å². The van der Waals surface area contributed by atoms with E-state index in [0.717, 1.165) is 58.5 Å². The third-order valence-corrected chi connectivity index (χ3v) is 12.7. The first-order chi connectivity index (χ1) is 30.7. The third kappa shape index (κ3) is 6.21. The first kappa shape index (κ1) is 36.0. The van der Waals surface area contributed by atoms with Gasteiger partial charge in [-0.2, -0.15) is 9.97 Å². The molecule has 0 bridgehead atoms. The molecule has 9 aromatic rings. The minimum Gasteiger partial charge on any atom is -0.309 e. The maximum absolute atomic E-state index is 5.33. The van der Waals surface area contributed by atoms with Gasteiger partial charge in [-0.3, -0.25) is 4.90 Å². The summed E-state index contributed by atoms with van der Waals surface area (Å²) in [5.74, 6) is 2.09. The fourth-order valence-electron chi connectivity index (χ4n) is 9.56. The lowest BCUT2D eigenvalue weighted by atomic mass is 9.91. The Morgan fingerprint density at radius 3 is 1.84 bits per heavy atom. The van der Waals surface area contributed by atoms with Crippen molar-refractivity contribution in [2.24, 2.45) is 0 Å². The number of allylic oxidation sites excluding steroid dienone is 8. The Balaban J connectivity index is 1.00. The smallest absolute Gasteiger partial charge is 0.238 e. The fraction of sp³-hybridized carbons (Fsp3) is 0.0702. The van der Waals surface area contributed by atoms with Gasteiger partial charge in [0.1, 0.15) is 0 Å². The van der Waals surface area contributed by atoms with Gasteiger partial charge in [0.2, 0.25) is 5.95 Å². The van der Waals surface area contributed by atoms with Crippen LogP contribution in [0.2, 0.25) is 0 Å². The van der Waals surface area contributed by atoms with Gasteiger partial charge in [-0.25, -0.2) is 4.98 Å². The van der Waals surface area contributed by atoms with E-state index in [4.69, 9.17) is 15.0 Å². The molecular weight excluding hydrogens is 755 g/mol. The van der Waals surface area contributed by atoms with E-state index in [0.29, 0.717) is 17.6 Å². The first-order valence-corrected chi connectivity index (χ1v) is 21.5. The van der Waals surface area contributed by atoms with E-state index >= 15 is 0 Å². The van der Waals surface area contributed by atoms with Crippen LogP contribution in [0.3, 0.4) is 0 Å². The first-order valence-electron chi connectivity index (χ1n) is 21.5. The molecule has 0 spiro atoms. The van der Waals surface area contributed by atoms with Crippen LogP contribution in [-0.2, 0) is 0 Å². The number of hydrogen-bond donors (Lipinski definition) is 0. The van der Waals surface area contributed by atoms with Gasteiger partial charge in [-0.05, 0) is 94.6 Å². The van der Waals surface area contributed by atoms with Gasteiger partial charge >= 0.3 is 0 Å². The average Bonchev–Trinajstić information content (AvgIpc) is 3.87. The van der Waals surface area contributed by atoms with Crippen molar-refractivity contribution in [2.75, 3.05) is 4.90 Å². The summed E-state index contributed by atoms with van der Waals surface area (Å²) in [5, 5.41) is 2.48. The summed E-state index contributed by atoms with van der Waals surface area (Å²) in [5.41, 5.74) is 16.2. The predicted octanol–water partition coefficient (Wildman–Crippen LogP) is 14.4. The number of nitrogens with zero attached hydrogens (tertiary/aromatic N) is 5. The van der Waals surface area contributed by atoms with E-state index in [1.165, 1.54) is 49.8 Å². The third-order valence-electron chi connectivity index (χ3n) is 12.7. The molecule has 12 rings (SSSR count). The SMILES string of the molecule is C1=CCCC(c2ccc(-c3nc(-c4ccc(-c5ccccc5)cc4)nc(N4C5=CC=CCC5c5ccc(-c6ccc7c8ccccc8n(-c8ccccc8)c7c6)cc54)n3)cc2)=C1. The van der Waals surface area contributed by atoms with Crippen molar-refractivity contribution >= 4 is 39.0 Å². The van der Waals surface area contributed by atoms with Crippen molar-refractivity contribution in [2.45, 2.75) is 25.2 Å². The Morgan fingerprint density at radius 1 is 0.468 bits per heavy atom. The Labute approximate surface area is 361 Å². The largest absolute Gasteiger partial charge is 0.309 e. The van der Waals surface area contributed by atoms with Crippen LogP contribution in [0.15, 0.2) is 212 Å². The lowest BCUT2D eigenvalue weighted by Crippen LogP contribution is -2.18. The van der Waals surface area contributed by atoms with Gasteiger partial charge in [0.15, 0.2) is 11.6 Å². The summed E-state index contributed by atoms with van der Waals surface area (Å²) in [6.07, 6.45) is 16.3. The average molecular weight is 796 g/mol. The zero-order chi connectivity index (χ0) is 41.0. The molecule has 0 amide bonds. The lowest BCUT2D eigenvalue weighted by molar-refractivity contribution is 0.812. The normalized spacial score (nSPS) is 15.4. The van der Waals surface area contributed by atoms with Crippen molar-refractivity contribution < 1.29 is 0 Å². The van der Waals surface area contributed by atoms with Crippen LogP contribution in [-0.4, -0.2) is 19.5 Å². The maximum atomic E-state index is 5.33. The fourth-order valence-corrected chi connectivity index (χ4v) is 9.56. The summed E-state index contributed by atoms with van der Waals surface area (Å²) >= 11 is 0. The molecule has 0 radical (unpaired) electrons. The topological polar surface area (TPSA) is 46.8 Å². The van der Waals surface area contributed by atoms with E-state index < -0.39 is 0 Å². The maximum Gasteiger partial charge on any atom is 0.238 e. The van der Waals surface area contributed by atoms with E-state index in [1.807, 2.05) is 6.07 Å².